The van der Waals surface area contributed by atoms with Crippen LogP contribution in [0.5, 0.6) is 5.75 Å². The van der Waals surface area contributed by atoms with Crippen LogP contribution in [0.25, 0.3) is 11.1 Å². The van der Waals surface area contributed by atoms with Crippen LogP contribution in [0.4, 0.5) is 15.1 Å². The van der Waals surface area contributed by atoms with Crippen LogP contribution < -0.4 is 15.4 Å². The summed E-state index contributed by atoms with van der Waals surface area (Å²) in [6, 6.07) is 19.5. The Morgan fingerprint density at radius 1 is 0.923 bits per heavy atom. The molecule has 0 saturated heterocycles. The number of anilines is 2. The Morgan fingerprint density at radius 2 is 1.59 bits per heavy atom. The lowest BCUT2D eigenvalue weighted by Crippen LogP contribution is -2.30. The van der Waals surface area contributed by atoms with Gasteiger partial charge in [-0.3, -0.25) is 9.59 Å². The Labute approximate surface area is 229 Å². The number of rotatable bonds is 9. The molecular weight excluding hydrogens is 519 g/mol. The summed E-state index contributed by atoms with van der Waals surface area (Å²) in [7, 11) is 0. The molecule has 2 N–H and O–H groups in total. The van der Waals surface area contributed by atoms with Crippen LogP contribution in [-0.4, -0.2) is 30.5 Å². The second-order valence-corrected chi connectivity index (χ2v) is 9.55. The molecule has 39 heavy (non-hydrogen) atoms. The molecule has 1 atom stereocenters. The minimum Gasteiger partial charge on any atom is -0.481 e. The first-order chi connectivity index (χ1) is 18.7. The molecule has 0 aliphatic carbocycles. The van der Waals surface area contributed by atoms with E-state index in [2.05, 4.69) is 10.6 Å². The molecule has 3 aromatic carbocycles. The molecule has 1 heterocycles. The normalized spacial score (nSPS) is 11.4. The number of benzene rings is 3. The number of halogens is 1. The van der Waals surface area contributed by atoms with Crippen molar-refractivity contribution in [3.05, 3.63) is 101 Å². The molecule has 4 aromatic rings. The standard InChI is InChI=1S/C30H27FN2O5S/c1-4-37-30(36)26-25(20-7-5-18(2)6-8-20)17-39-29(26)33-28(35)21-9-15-24(16-10-21)38-19(3)27(34)32-23-13-11-22(31)12-14-23/h5-17,19H,4H2,1-3H3,(H,32,34)(H,33,35)/t19-/m0/s1. The molecule has 0 unspecified atom stereocenters. The summed E-state index contributed by atoms with van der Waals surface area (Å²) in [4.78, 5) is 38.2. The predicted octanol–water partition coefficient (Wildman–Crippen LogP) is 6.70. The fourth-order valence-electron chi connectivity index (χ4n) is 3.70. The monoisotopic (exact) mass is 546 g/mol. The summed E-state index contributed by atoms with van der Waals surface area (Å²) in [6.45, 7) is 5.50. The number of aryl methyl sites for hydroxylation is 1. The van der Waals surface area contributed by atoms with Crippen LogP contribution >= 0.6 is 11.3 Å². The van der Waals surface area contributed by atoms with Gasteiger partial charge in [0.05, 0.1) is 6.61 Å². The van der Waals surface area contributed by atoms with Crippen molar-refractivity contribution >= 4 is 39.8 Å². The van der Waals surface area contributed by atoms with Gasteiger partial charge in [-0.25, -0.2) is 9.18 Å². The maximum absolute atomic E-state index is 13.1. The lowest BCUT2D eigenvalue weighted by Gasteiger charge is -2.15. The molecule has 0 aliphatic rings. The fraction of sp³-hybridized carbons (Fsp3) is 0.167. The lowest BCUT2D eigenvalue weighted by atomic mass is 10.0. The van der Waals surface area contributed by atoms with Gasteiger partial charge in [0, 0.05) is 22.2 Å². The van der Waals surface area contributed by atoms with Crippen LogP contribution in [0.3, 0.4) is 0 Å². The van der Waals surface area contributed by atoms with Gasteiger partial charge >= 0.3 is 5.97 Å². The van der Waals surface area contributed by atoms with Crippen LogP contribution in [-0.2, 0) is 9.53 Å². The van der Waals surface area contributed by atoms with Crippen molar-refractivity contribution in [2.45, 2.75) is 26.9 Å². The van der Waals surface area contributed by atoms with Gasteiger partial charge in [0.25, 0.3) is 11.8 Å². The zero-order chi connectivity index (χ0) is 27.9. The van der Waals surface area contributed by atoms with Gasteiger partial charge in [0.2, 0.25) is 0 Å². The quantitative estimate of drug-likeness (QED) is 0.228. The zero-order valence-corrected chi connectivity index (χ0v) is 22.4. The van der Waals surface area contributed by atoms with Gasteiger partial charge in [-0.15, -0.1) is 11.3 Å². The van der Waals surface area contributed by atoms with Crippen molar-refractivity contribution in [2.24, 2.45) is 0 Å². The van der Waals surface area contributed by atoms with Crippen molar-refractivity contribution < 1.29 is 28.2 Å². The third kappa shape index (κ3) is 6.88. The number of carbonyl (C=O) groups is 3. The first-order valence-electron chi connectivity index (χ1n) is 12.2. The first-order valence-corrected chi connectivity index (χ1v) is 13.1. The van der Waals surface area contributed by atoms with Gasteiger partial charge < -0.3 is 20.1 Å². The molecule has 0 bridgehead atoms. The highest BCUT2D eigenvalue weighted by Gasteiger charge is 2.23. The SMILES string of the molecule is CCOC(=O)c1c(-c2ccc(C)cc2)csc1NC(=O)c1ccc(O[C@@H](C)C(=O)Nc2ccc(F)cc2)cc1. The molecule has 0 fully saturated rings. The number of hydrogen-bond acceptors (Lipinski definition) is 6. The average molecular weight is 547 g/mol. The van der Waals surface area contributed by atoms with E-state index >= 15 is 0 Å². The molecule has 0 spiro atoms. The molecule has 0 aliphatic heterocycles. The Balaban J connectivity index is 1.44. The molecule has 0 radical (unpaired) electrons. The Bertz CT molecular complexity index is 1460. The van der Waals surface area contributed by atoms with Crippen LogP contribution in [0.15, 0.2) is 78.2 Å². The zero-order valence-electron chi connectivity index (χ0n) is 21.6. The van der Waals surface area contributed by atoms with E-state index in [9.17, 15) is 18.8 Å². The number of esters is 1. The van der Waals surface area contributed by atoms with E-state index in [1.54, 1.807) is 38.1 Å². The highest BCUT2D eigenvalue weighted by Crippen LogP contribution is 2.36. The summed E-state index contributed by atoms with van der Waals surface area (Å²) >= 11 is 1.25. The summed E-state index contributed by atoms with van der Waals surface area (Å²) in [5, 5.41) is 7.69. The van der Waals surface area contributed by atoms with E-state index in [-0.39, 0.29) is 6.61 Å². The molecule has 7 nitrogen and oxygen atoms in total. The van der Waals surface area contributed by atoms with Gasteiger partial charge in [0.1, 0.15) is 22.1 Å². The maximum atomic E-state index is 13.1. The van der Waals surface area contributed by atoms with E-state index < -0.39 is 29.7 Å². The van der Waals surface area contributed by atoms with Crippen LogP contribution in [0, 0.1) is 12.7 Å². The van der Waals surface area contributed by atoms with E-state index in [0.29, 0.717) is 33.1 Å². The number of amides is 2. The van der Waals surface area contributed by atoms with Crippen molar-refractivity contribution in [3.8, 4) is 16.9 Å². The van der Waals surface area contributed by atoms with E-state index in [4.69, 9.17) is 9.47 Å². The van der Waals surface area contributed by atoms with Crippen LogP contribution in [0.1, 0.15) is 40.1 Å². The summed E-state index contributed by atoms with van der Waals surface area (Å²) in [5.41, 5.74) is 3.72. The molecule has 9 heteroatoms. The minimum absolute atomic E-state index is 0.206. The van der Waals surface area contributed by atoms with Gasteiger partial charge in [-0.05, 0) is 74.9 Å². The largest absolute Gasteiger partial charge is 0.481 e. The second-order valence-electron chi connectivity index (χ2n) is 8.67. The number of nitrogens with one attached hydrogen (secondary N) is 2. The van der Waals surface area contributed by atoms with Crippen molar-refractivity contribution in [1.82, 2.24) is 0 Å². The average Bonchev–Trinajstić information content (AvgIpc) is 3.34. The Hall–Kier alpha value is -4.50. The number of thiophene rings is 1. The summed E-state index contributed by atoms with van der Waals surface area (Å²) in [5.74, 6) is -1.34. The van der Waals surface area contributed by atoms with Crippen molar-refractivity contribution in [3.63, 3.8) is 0 Å². The number of ether oxygens (including phenoxy) is 2. The van der Waals surface area contributed by atoms with Crippen molar-refractivity contribution in [1.29, 1.82) is 0 Å². The van der Waals surface area contributed by atoms with Gasteiger partial charge in [-0.2, -0.15) is 0 Å². The summed E-state index contributed by atoms with van der Waals surface area (Å²) < 4.78 is 24.0. The fourth-order valence-corrected chi connectivity index (χ4v) is 4.65. The van der Waals surface area contributed by atoms with Crippen molar-refractivity contribution in [2.75, 3.05) is 17.2 Å². The molecule has 1 aromatic heterocycles. The molecule has 4 rings (SSSR count). The third-order valence-corrected chi connectivity index (χ3v) is 6.67. The third-order valence-electron chi connectivity index (χ3n) is 5.77. The van der Waals surface area contributed by atoms with Gasteiger partial charge in [0.15, 0.2) is 6.10 Å². The Morgan fingerprint density at radius 3 is 2.23 bits per heavy atom. The van der Waals surface area contributed by atoms with Gasteiger partial charge in [-0.1, -0.05) is 29.8 Å². The first kappa shape index (κ1) is 27.5. The predicted molar refractivity (Wildman–Crippen MR) is 150 cm³/mol. The van der Waals surface area contributed by atoms with E-state index in [0.717, 1.165) is 11.1 Å². The highest BCUT2D eigenvalue weighted by molar-refractivity contribution is 7.15. The molecule has 0 saturated carbocycles. The molecular formula is C30H27FN2O5S. The molecule has 200 valence electrons. The van der Waals surface area contributed by atoms with E-state index in [1.807, 2.05) is 36.6 Å². The number of carbonyl (C=O) groups excluding carboxylic acids is 3. The maximum Gasteiger partial charge on any atom is 0.341 e. The van der Waals surface area contributed by atoms with Crippen LogP contribution in [0.2, 0.25) is 0 Å². The smallest absolute Gasteiger partial charge is 0.341 e. The molecule has 2 amide bonds. The lowest BCUT2D eigenvalue weighted by molar-refractivity contribution is -0.122. The minimum atomic E-state index is -0.840. The topological polar surface area (TPSA) is 93.7 Å². The Kier molecular flexibility index (Phi) is 8.73. The summed E-state index contributed by atoms with van der Waals surface area (Å²) in [6.07, 6.45) is -0.840. The van der Waals surface area contributed by atoms with E-state index in [1.165, 1.54) is 35.6 Å². The second kappa shape index (κ2) is 12.4. The number of hydrogen-bond donors (Lipinski definition) is 2. The highest BCUT2D eigenvalue weighted by atomic mass is 32.1.